The molecule has 0 aromatic carbocycles. The van der Waals surface area contributed by atoms with Gasteiger partial charge in [-0.25, -0.2) is 0 Å². The van der Waals surface area contributed by atoms with Crippen LogP contribution in [0.5, 0.6) is 0 Å². The average molecular weight is 291 g/mol. The van der Waals surface area contributed by atoms with Crippen molar-refractivity contribution >= 4 is 23.7 Å². The minimum Gasteiger partial charge on any atom is -0.480 e. The molecule has 0 aromatic rings. The number of carboxylic acids is 1. The van der Waals surface area contributed by atoms with Gasteiger partial charge in [0, 0.05) is 5.75 Å². The highest BCUT2D eigenvalue weighted by atomic mass is 32.2. The standard InChI is InChI=1S/C13H25NO4S/c1-3-5-6-7-8-11(13(17)18-4-2)19-9-10(14)12(15)16/h10-11H,3-9,14H2,1-2H3,(H,15,16)/t10-,11?/m0/s1. The lowest BCUT2D eigenvalue weighted by Gasteiger charge is -2.16. The summed E-state index contributed by atoms with van der Waals surface area (Å²) in [6.45, 7) is 4.24. The molecular formula is C13H25NO4S. The van der Waals surface area contributed by atoms with Crippen LogP contribution in [0.2, 0.25) is 0 Å². The van der Waals surface area contributed by atoms with Crippen molar-refractivity contribution in [1.82, 2.24) is 0 Å². The van der Waals surface area contributed by atoms with Crippen molar-refractivity contribution < 1.29 is 19.4 Å². The molecule has 0 aliphatic heterocycles. The summed E-state index contributed by atoms with van der Waals surface area (Å²) < 4.78 is 5.01. The monoisotopic (exact) mass is 291 g/mol. The van der Waals surface area contributed by atoms with E-state index >= 15 is 0 Å². The first-order chi connectivity index (χ1) is 9.02. The van der Waals surface area contributed by atoms with Gasteiger partial charge in [0.1, 0.15) is 11.3 Å². The molecular weight excluding hydrogens is 266 g/mol. The Hall–Kier alpha value is -0.750. The fourth-order valence-corrected chi connectivity index (χ4v) is 2.67. The first-order valence-corrected chi connectivity index (χ1v) is 7.84. The van der Waals surface area contributed by atoms with E-state index in [1.54, 1.807) is 6.92 Å². The lowest BCUT2D eigenvalue weighted by molar-refractivity contribution is -0.142. The van der Waals surface area contributed by atoms with Crippen molar-refractivity contribution in [2.45, 2.75) is 57.2 Å². The van der Waals surface area contributed by atoms with Gasteiger partial charge in [-0.1, -0.05) is 32.6 Å². The maximum atomic E-state index is 11.8. The zero-order valence-corrected chi connectivity index (χ0v) is 12.6. The molecule has 2 atom stereocenters. The van der Waals surface area contributed by atoms with Gasteiger partial charge in [0.15, 0.2) is 0 Å². The second kappa shape index (κ2) is 11.1. The van der Waals surface area contributed by atoms with Crippen LogP contribution in [0.25, 0.3) is 0 Å². The van der Waals surface area contributed by atoms with Crippen LogP contribution in [0.3, 0.4) is 0 Å². The quantitative estimate of drug-likeness (QED) is 0.447. The number of esters is 1. The summed E-state index contributed by atoms with van der Waals surface area (Å²) >= 11 is 1.28. The first-order valence-electron chi connectivity index (χ1n) is 6.79. The van der Waals surface area contributed by atoms with E-state index in [2.05, 4.69) is 6.92 Å². The molecule has 112 valence electrons. The Labute approximate surface area is 119 Å². The van der Waals surface area contributed by atoms with E-state index in [9.17, 15) is 9.59 Å². The predicted molar refractivity (Wildman–Crippen MR) is 77.2 cm³/mol. The zero-order valence-electron chi connectivity index (χ0n) is 11.8. The summed E-state index contributed by atoms with van der Waals surface area (Å²) in [6, 6.07) is -0.933. The van der Waals surface area contributed by atoms with E-state index in [0.717, 1.165) is 32.1 Å². The maximum Gasteiger partial charge on any atom is 0.321 e. The van der Waals surface area contributed by atoms with E-state index in [0.29, 0.717) is 6.61 Å². The normalized spacial score (nSPS) is 13.8. The van der Waals surface area contributed by atoms with Crippen molar-refractivity contribution in [2.75, 3.05) is 12.4 Å². The summed E-state index contributed by atoms with van der Waals surface area (Å²) in [5.74, 6) is -1.07. The topological polar surface area (TPSA) is 89.6 Å². The summed E-state index contributed by atoms with van der Waals surface area (Å²) in [4.78, 5) is 22.4. The fourth-order valence-electron chi connectivity index (χ4n) is 1.55. The van der Waals surface area contributed by atoms with Crippen LogP contribution in [0, 0.1) is 0 Å². The summed E-state index contributed by atoms with van der Waals surface area (Å²) in [6.07, 6.45) is 5.04. The Morgan fingerprint density at radius 2 is 1.95 bits per heavy atom. The van der Waals surface area contributed by atoms with E-state index < -0.39 is 12.0 Å². The molecule has 5 nitrogen and oxygen atoms in total. The number of nitrogens with two attached hydrogens (primary N) is 1. The molecule has 1 unspecified atom stereocenters. The van der Waals surface area contributed by atoms with Crippen LogP contribution in [-0.4, -0.2) is 40.7 Å². The molecule has 0 saturated carbocycles. The summed E-state index contributed by atoms with van der Waals surface area (Å²) in [5.41, 5.74) is 5.44. The van der Waals surface area contributed by atoms with Crippen LogP contribution < -0.4 is 5.73 Å². The number of carbonyl (C=O) groups excluding carboxylic acids is 1. The fraction of sp³-hybridized carbons (Fsp3) is 0.846. The van der Waals surface area contributed by atoms with Crippen LogP contribution in [0.15, 0.2) is 0 Å². The van der Waals surface area contributed by atoms with Gasteiger partial charge in [-0.05, 0) is 13.3 Å². The summed E-state index contributed by atoms with van der Waals surface area (Å²) in [7, 11) is 0. The molecule has 19 heavy (non-hydrogen) atoms. The van der Waals surface area contributed by atoms with Gasteiger partial charge >= 0.3 is 11.9 Å². The maximum absolute atomic E-state index is 11.8. The molecule has 0 rings (SSSR count). The third kappa shape index (κ3) is 8.88. The number of thioether (sulfide) groups is 1. The molecule has 0 aromatic heterocycles. The van der Waals surface area contributed by atoms with Gasteiger partial charge in [-0.3, -0.25) is 9.59 Å². The highest BCUT2D eigenvalue weighted by Crippen LogP contribution is 2.20. The van der Waals surface area contributed by atoms with Gasteiger partial charge in [-0.2, -0.15) is 0 Å². The Morgan fingerprint density at radius 3 is 2.47 bits per heavy atom. The highest BCUT2D eigenvalue weighted by molar-refractivity contribution is 8.00. The van der Waals surface area contributed by atoms with E-state index in [-0.39, 0.29) is 17.0 Å². The number of hydrogen-bond acceptors (Lipinski definition) is 5. The molecule has 0 spiro atoms. The number of aliphatic carboxylic acids is 1. The Balaban J connectivity index is 4.17. The van der Waals surface area contributed by atoms with Crippen molar-refractivity contribution in [3.8, 4) is 0 Å². The minimum absolute atomic E-state index is 0.229. The van der Waals surface area contributed by atoms with Gasteiger partial charge < -0.3 is 15.6 Å². The summed E-state index contributed by atoms with van der Waals surface area (Å²) in [5, 5.41) is 8.42. The molecule has 0 radical (unpaired) electrons. The van der Waals surface area contributed by atoms with Crippen LogP contribution >= 0.6 is 11.8 Å². The number of unbranched alkanes of at least 4 members (excludes halogenated alkanes) is 3. The van der Waals surface area contributed by atoms with Gasteiger partial charge in [0.2, 0.25) is 0 Å². The van der Waals surface area contributed by atoms with Crippen molar-refractivity contribution in [3.63, 3.8) is 0 Å². The molecule has 0 aliphatic carbocycles. The predicted octanol–water partition coefficient (Wildman–Crippen LogP) is 2.03. The second-order valence-electron chi connectivity index (χ2n) is 4.37. The third-order valence-electron chi connectivity index (χ3n) is 2.66. The van der Waals surface area contributed by atoms with Gasteiger partial charge in [0.05, 0.1) is 6.61 Å². The number of ether oxygens (including phenoxy) is 1. The molecule has 3 N–H and O–H groups in total. The molecule has 6 heteroatoms. The molecule has 0 heterocycles. The smallest absolute Gasteiger partial charge is 0.321 e. The van der Waals surface area contributed by atoms with Crippen LogP contribution in [-0.2, 0) is 14.3 Å². The van der Waals surface area contributed by atoms with E-state index in [1.807, 2.05) is 0 Å². The van der Waals surface area contributed by atoms with Crippen molar-refractivity contribution in [3.05, 3.63) is 0 Å². The first kappa shape index (κ1) is 18.2. The molecule has 0 aliphatic rings. The molecule has 0 amide bonds. The third-order valence-corrected chi connectivity index (χ3v) is 4.05. The van der Waals surface area contributed by atoms with E-state index in [4.69, 9.17) is 15.6 Å². The highest BCUT2D eigenvalue weighted by Gasteiger charge is 2.22. The Bertz CT molecular complexity index is 273. The number of rotatable bonds is 11. The average Bonchev–Trinajstić information content (AvgIpc) is 2.37. The molecule has 0 fully saturated rings. The molecule has 0 bridgehead atoms. The Kier molecular flexibility index (Phi) is 10.7. The van der Waals surface area contributed by atoms with Crippen LogP contribution in [0.4, 0.5) is 0 Å². The molecule has 0 saturated heterocycles. The number of hydrogen-bond donors (Lipinski definition) is 2. The Morgan fingerprint density at radius 1 is 1.26 bits per heavy atom. The zero-order chi connectivity index (χ0) is 14.7. The number of carboxylic acid groups (broad SMARTS) is 1. The largest absolute Gasteiger partial charge is 0.480 e. The lowest BCUT2D eigenvalue weighted by atomic mass is 10.1. The minimum atomic E-state index is -1.04. The van der Waals surface area contributed by atoms with Gasteiger partial charge in [-0.15, -0.1) is 11.8 Å². The van der Waals surface area contributed by atoms with Crippen molar-refractivity contribution in [1.29, 1.82) is 0 Å². The second-order valence-corrected chi connectivity index (χ2v) is 5.60. The van der Waals surface area contributed by atoms with Crippen molar-refractivity contribution in [2.24, 2.45) is 5.73 Å². The number of carbonyl (C=O) groups is 2. The van der Waals surface area contributed by atoms with Crippen LogP contribution in [0.1, 0.15) is 46.0 Å². The van der Waals surface area contributed by atoms with Gasteiger partial charge in [0.25, 0.3) is 0 Å². The SMILES string of the molecule is CCCCCCC(SC[C@H](N)C(=O)O)C(=O)OCC. The lowest BCUT2D eigenvalue weighted by Crippen LogP contribution is -2.34. The van der Waals surface area contributed by atoms with E-state index in [1.165, 1.54) is 11.8 Å².